The Labute approximate surface area is 164 Å². The van der Waals surface area contributed by atoms with Crippen LogP contribution in [0.2, 0.25) is 0 Å². The molecular weight excluding hydrogens is 356 g/mol. The highest BCUT2D eigenvalue weighted by molar-refractivity contribution is 5.91. The average Bonchev–Trinajstić information content (AvgIpc) is 3.18. The Morgan fingerprint density at radius 3 is 2.71 bits per heavy atom. The Morgan fingerprint density at radius 1 is 1.14 bits per heavy atom. The minimum absolute atomic E-state index is 0.0244. The van der Waals surface area contributed by atoms with E-state index in [0.717, 1.165) is 47.1 Å². The number of fused-ring (bicyclic) bond motifs is 5. The van der Waals surface area contributed by atoms with Gasteiger partial charge in [-0.15, -0.1) is 0 Å². The van der Waals surface area contributed by atoms with Crippen molar-refractivity contribution >= 4 is 18.0 Å². The number of hydrogen-bond acceptors (Lipinski definition) is 6. The van der Waals surface area contributed by atoms with Crippen LogP contribution in [-0.4, -0.2) is 45.7 Å². The molecule has 3 heterocycles. The first-order valence-corrected chi connectivity index (χ1v) is 9.33. The molecule has 28 heavy (non-hydrogen) atoms. The van der Waals surface area contributed by atoms with E-state index in [-0.39, 0.29) is 12.8 Å². The molecule has 0 amide bonds. The van der Waals surface area contributed by atoms with Gasteiger partial charge in [-0.2, -0.15) is 0 Å². The molecule has 2 aromatic carbocycles. The highest BCUT2D eigenvalue weighted by Gasteiger charge is 2.35. The molecule has 0 saturated heterocycles. The van der Waals surface area contributed by atoms with Crippen LogP contribution in [0.25, 0.3) is 11.8 Å². The third kappa shape index (κ3) is 2.37. The van der Waals surface area contributed by atoms with Gasteiger partial charge < -0.3 is 23.8 Å². The van der Waals surface area contributed by atoms with Gasteiger partial charge in [0.05, 0.1) is 20.3 Å². The molecule has 3 aliphatic rings. The van der Waals surface area contributed by atoms with Crippen molar-refractivity contribution in [2.75, 3.05) is 34.6 Å². The second-order valence-electron chi connectivity index (χ2n) is 6.99. The van der Waals surface area contributed by atoms with E-state index in [2.05, 4.69) is 34.2 Å². The first kappa shape index (κ1) is 17.0. The largest absolute Gasteiger partial charge is 0.493 e. The molecule has 0 spiro atoms. The summed E-state index contributed by atoms with van der Waals surface area (Å²) in [5.74, 6) is 3.13. The summed E-state index contributed by atoms with van der Waals surface area (Å²) in [6, 6.07) is 8.22. The number of ether oxygens (including phenoxy) is 4. The van der Waals surface area contributed by atoms with Crippen molar-refractivity contribution in [3.8, 4) is 23.0 Å². The van der Waals surface area contributed by atoms with Crippen molar-refractivity contribution in [1.82, 2.24) is 4.90 Å². The van der Waals surface area contributed by atoms with Gasteiger partial charge in [0.25, 0.3) is 0 Å². The summed E-state index contributed by atoms with van der Waals surface area (Å²) in [6.07, 6.45) is 5.13. The molecule has 0 fully saturated rings. The highest BCUT2D eigenvalue weighted by Crippen LogP contribution is 2.49. The van der Waals surface area contributed by atoms with Crippen molar-refractivity contribution in [3.63, 3.8) is 0 Å². The minimum atomic E-state index is -0.0244. The van der Waals surface area contributed by atoms with Crippen LogP contribution in [0.3, 0.4) is 0 Å². The fraction of sp³-hybridized carbons (Fsp3) is 0.318. The Morgan fingerprint density at radius 2 is 1.96 bits per heavy atom. The van der Waals surface area contributed by atoms with Gasteiger partial charge in [-0.1, -0.05) is 6.07 Å². The zero-order valence-electron chi connectivity index (χ0n) is 16.2. The zero-order valence-corrected chi connectivity index (χ0v) is 16.2. The number of nitrogens with zero attached hydrogens (tertiary/aromatic N) is 2. The van der Waals surface area contributed by atoms with Crippen molar-refractivity contribution in [3.05, 3.63) is 46.5 Å². The maximum Gasteiger partial charge on any atom is 0.231 e. The summed E-state index contributed by atoms with van der Waals surface area (Å²) < 4.78 is 22.5. The molecule has 2 aromatic rings. The molecule has 0 N–H and O–H groups in total. The fourth-order valence-corrected chi connectivity index (χ4v) is 4.39. The summed E-state index contributed by atoms with van der Waals surface area (Å²) >= 11 is 0. The fourth-order valence-electron chi connectivity index (χ4n) is 4.39. The summed E-state index contributed by atoms with van der Waals surface area (Å²) in [5.41, 5.74) is 5.83. The van der Waals surface area contributed by atoms with Crippen LogP contribution in [-0.2, 0) is 6.42 Å². The van der Waals surface area contributed by atoms with E-state index in [1.165, 1.54) is 16.8 Å². The lowest BCUT2D eigenvalue weighted by Gasteiger charge is -2.42. The summed E-state index contributed by atoms with van der Waals surface area (Å²) in [5, 5.41) is 0. The number of benzene rings is 2. The number of methoxy groups -OCH3 is 2. The van der Waals surface area contributed by atoms with E-state index in [4.69, 9.17) is 18.9 Å². The SMILES string of the molecule is CN=CC1c2c(ccc(OC)c2OC)C=C2c3cc4c(cc3CCN21)OCO4. The Balaban J connectivity index is 1.73. The van der Waals surface area contributed by atoms with Gasteiger partial charge in [0.1, 0.15) is 0 Å². The van der Waals surface area contributed by atoms with Gasteiger partial charge in [0.15, 0.2) is 23.0 Å². The number of aliphatic imine (C=N–C) groups is 1. The third-order valence-electron chi connectivity index (χ3n) is 5.64. The molecule has 0 saturated carbocycles. The lowest BCUT2D eigenvalue weighted by atomic mass is 9.86. The molecular formula is C22H22N2O4. The molecule has 1 unspecified atom stereocenters. The second kappa shape index (κ2) is 6.48. The van der Waals surface area contributed by atoms with E-state index in [0.29, 0.717) is 0 Å². The number of rotatable bonds is 3. The van der Waals surface area contributed by atoms with Crippen LogP contribution >= 0.6 is 0 Å². The molecule has 0 radical (unpaired) electrons. The molecule has 0 aliphatic carbocycles. The van der Waals surface area contributed by atoms with E-state index in [9.17, 15) is 0 Å². The topological polar surface area (TPSA) is 52.5 Å². The monoisotopic (exact) mass is 378 g/mol. The standard InChI is InChI=1S/C22H22N2O4/c1-23-11-17-21-14(4-5-18(25-2)22(21)26-3)8-16-15-10-20-19(27-12-28-20)9-13(15)6-7-24(16)17/h4-5,8-11,17H,6-7,12H2,1-3H3. The smallest absolute Gasteiger partial charge is 0.231 e. The van der Waals surface area contributed by atoms with Crippen LogP contribution in [0, 0.1) is 0 Å². The van der Waals surface area contributed by atoms with Crippen LogP contribution < -0.4 is 18.9 Å². The van der Waals surface area contributed by atoms with E-state index in [1.807, 2.05) is 12.3 Å². The first-order valence-electron chi connectivity index (χ1n) is 9.33. The molecule has 6 nitrogen and oxygen atoms in total. The molecule has 3 aliphatic heterocycles. The molecule has 5 rings (SSSR count). The summed E-state index contributed by atoms with van der Waals surface area (Å²) in [4.78, 5) is 6.74. The van der Waals surface area contributed by atoms with Gasteiger partial charge >= 0.3 is 0 Å². The lowest BCUT2D eigenvalue weighted by molar-refractivity contribution is 0.174. The lowest BCUT2D eigenvalue weighted by Crippen LogP contribution is -2.36. The predicted molar refractivity (Wildman–Crippen MR) is 108 cm³/mol. The molecule has 0 bridgehead atoms. The van der Waals surface area contributed by atoms with E-state index in [1.54, 1.807) is 21.3 Å². The van der Waals surface area contributed by atoms with Crippen LogP contribution in [0.15, 0.2) is 29.3 Å². The second-order valence-corrected chi connectivity index (χ2v) is 6.99. The van der Waals surface area contributed by atoms with Gasteiger partial charge in [-0.05, 0) is 41.8 Å². The quantitative estimate of drug-likeness (QED) is 0.765. The highest BCUT2D eigenvalue weighted by atomic mass is 16.7. The van der Waals surface area contributed by atoms with Crippen LogP contribution in [0.4, 0.5) is 0 Å². The molecule has 144 valence electrons. The van der Waals surface area contributed by atoms with E-state index >= 15 is 0 Å². The first-order chi connectivity index (χ1) is 13.7. The normalized spacial score (nSPS) is 19.0. The van der Waals surface area contributed by atoms with Crippen molar-refractivity contribution < 1.29 is 18.9 Å². The molecule has 6 heteroatoms. The van der Waals surface area contributed by atoms with Crippen LogP contribution in [0.1, 0.15) is 28.3 Å². The zero-order chi connectivity index (χ0) is 19.3. The van der Waals surface area contributed by atoms with E-state index < -0.39 is 0 Å². The average molecular weight is 378 g/mol. The van der Waals surface area contributed by atoms with Crippen molar-refractivity contribution in [2.24, 2.45) is 4.99 Å². The van der Waals surface area contributed by atoms with Gasteiger partial charge in [-0.3, -0.25) is 4.99 Å². The number of hydrogen-bond donors (Lipinski definition) is 0. The van der Waals surface area contributed by atoms with Crippen molar-refractivity contribution in [1.29, 1.82) is 0 Å². The maximum absolute atomic E-state index is 5.74. The predicted octanol–water partition coefficient (Wildman–Crippen LogP) is 3.54. The molecule has 1 atom stereocenters. The Kier molecular flexibility index (Phi) is 3.93. The van der Waals surface area contributed by atoms with Gasteiger partial charge in [0.2, 0.25) is 6.79 Å². The minimum Gasteiger partial charge on any atom is -0.493 e. The third-order valence-corrected chi connectivity index (χ3v) is 5.64. The maximum atomic E-state index is 5.74. The van der Waals surface area contributed by atoms with Gasteiger partial charge in [0, 0.05) is 36.6 Å². The van der Waals surface area contributed by atoms with Crippen LogP contribution in [0.5, 0.6) is 23.0 Å². The van der Waals surface area contributed by atoms with Gasteiger partial charge in [-0.25, -0.2) is 0 Å². The van der Waals surface area contributed by atoms with Crippen molar-refractivity contribution in [2.45, 2.75) is 12.5 Å². The Hall–Kier alpha value is -3.15. The molecule has 0 aromatic heterocycles. The summed E-state index contributed by atoms with van der Waals surface area (Å²) in [7, 11) is 5.15. The summed E-state index contributed by atoms with van der Waals surface area (Å²) in [6.45, 7) is 1.17. The Bertz CT molecular complexity index is 1010.